The Morgan fingerprint density at radius 1 is 1.27 bits per heavy atom. The summed E-state index contributed by atoms with van der Waals surface area (Å²) in [7, 11) is 0. The van der Waals surface area contributed by atoms with Gasteiger partial charge < -0.3 is 0 Å². The Balaban J connectivity index is 2.40. The summed E-state index contributed by atoms with van der Waals surface area (Å²) in [6, 6.07) is 7.65. The Hall–Kier alpha value is -1.94. The largest absolute Gasteiger partial charge is 0.287 e. The Morgan fingerprint density at radius 2 is 2.20 bits per heavy atom. The lowest BCUT2D eigenvalue weighted by Crippen LogP contribution is -2.42. The topological polar surface area (TPSA) is 54.0 Å². The number of pyridine rings is 1. The predicted octanol–water partition coefficient (Wildman–Crippen LogP) is 0.983. The highest BCUT2D eigenvalue weighted by molar-refractivity contribution is 6.07. The summed E-state index contributed by atoms with van der Waals surface area (Å²) in [4.78, 5) is 15.9. The van der Waals surface area contributed by atoms with E-state index in [0.717, 1.165) is 22.0 Å². The van der Waals surface area contributed by atoms with Gasteiger partial charge in [-0.1, -0.05) is 12.1 Å². The van der Waals surface area contributed by atoms with Gasteiger partial charge in [0.05, 0.1) is 11.1 Å². The lowest BCUT2D eigenvalue weighted by molar-refractivity contribution is 0.0922. The quantitative estimate of drug-likeness (QED) is 0.665. The molecule has 15 heavy (non-hydrogen) atoms. The van der Waals surface area contributed by atoms with E-state index in [1.54, 1.807) is 6.20 Å². The van der Waals surface area contributed by atoms with E-state index in [9.17, 15) is 4.79 Å². The van der Waals surface area contributed by atoms with Gasteiger partial charge in [-0.15, -0.1) is 0 Å². The number of nitrogens with one attached hydrogen (secondary N) is 2. The van der Waals surface area contributed by atoms with E-state index in [-0.39, 0.29) is 5.91 Å². The van der Waals surface area contributed by atoms with Gasteiger partial charge in [-0.25, -0.2) is 5.43 Å². The Labute approximate surface area is 86.3 Å². The van der Waals surface area contributed by atoms with Gasteiger partial charge in [0, 0.05) is 18.1 Å². The molecular formula is C11H9N3O. The molecular weight excluding hydrogens is 190 g/mol. The number of carbonyl (C=O) groups excluding carboxylic acids is 1. The number of rotatable bonds is 0. The molecule has 0 bridgehead atoms. The van der Waals surface area contributed by atoms with Crippen LogP contribution >= 0.6 is 0 Å². The van der Waals surface area contributed by atoms with Gasteiger partial charge in [0.15, 0.2) is 0 Å². The lowest BCUT2D eigenvalue weighted by atomic mass is 10.00. The standard InChI is InChI=1S/C11H9N3O/c15-11-10-7(6-13-14-11)3-4-9-8(10)2-1-5-12-9/h1-5,13H,6H2,(H,14,15). The maximum atomic E-state index is 11.7. The van der Waals surface area contributed by atoms with Crippen molar-refractivity contribution in [1.82, 2.24) is 15.8 Å². The zero-order valence-electron chi connectivity index (χ0n) is 7.95. The van der Waals surface area contributed by atoms with Gasteiger partial charge in [0.1, 0.15) is 0 Å². The third kappa shape index (κ3) is 1.19. The first kappa shape index (κ1) is 8.38. The number of carbonyl (C=O) groups is 1. The van der Waals surface area contributed by atoms with Crippen LogP contribution < -0.4 is 10.9 Å². The van der Waals surface area contributed by atoms with Crippen LogP contribution in [0.2, 0.25) is 0 Å². The van der Waals surface area contributed by atoms with Crippen LogP contribution in [-0.4, -0.2) is 10.9 Å². The van der Waals surface area contributed by atoms with E-state index >= 15 is 0 Å². The second kappa shape index (κ2) is 3.03. The van der Waals surface area contributed by atoms with Gasteiger partial charge in [0.2, 0.25) is 0 Å². The zero-order valence-corrected chi connectivity index (χ0v) is 7.95. The third-order valence-corrected chi connectivity index (χ3v) is 2.58. The van der Waals surface area contributed by atoms with Crippen LogP contribution in [0.1, 0.15) is 15.9 Å². The van der Waals surface area contributed by atoms with Crippen LogP contribution in [0.4, 0.5) is 0 Å². The smallest absolute Gasteiger partial charge is 0.266 e. The minimum absolute atomic E-state index is 0.0881. The highest BCUT2D eigenvalue weighted by Gasteiger charge is 2.18. The number of hydrogen-bond donors (Lipinski definition) is 2. The van der Waals surface area contributed by atoms with E-state index in [1.165, 1.54) is 0 Å². The maximum absolute atomic E-state index is 11.7. The van der Waals surface area contributed by atoms with E-state index in [4.69, 9.17) is 0 Å². The fourth-order valence-corrected chi connectivity index (χ4v) is 1.90. The molecule has 0 saturated carbocycles. The molecule has 2 aromatic rings. The molecule has 74 valence electrons. The number of nitrogens with zero attached hydrogens (tertiary/aromatic N) is 1. The predicted molar refractivity (Wildman–Crippen MR) is 56.0 cm³/mol. The summed E-state index contributed by atoms with van der Waals surface area (Å²) in [5.74, 6) is -0.0881. The summed E-state index contributed by atoms with van der Waals surface area (Å²) >= 11 is 0. The third-order valence-electron chi connectivity index (χ3n) is 2.58. The Morgan fingerprint density at radius 3 is 3.13 bits per heavy atom. The normalized spacial score (nSPS) is 14.8. The second-order valence-electron chi connectivity index (χ2n) is 3.48. The van der Waals surface area contributed by atoms with E-state index < -0.39 is 0 Å². The van der Waals surface area contributed by atoms with Crippen molar-refractivity contribution in [3.8, 4) is 0 Å². The van der Waals surface area contributed by atoms with Crippen molar-refractivity contribution in [3.05, 3.63) is 41.6 Å². The molecule has 1 aromatic carbocycles. The highest BCUT2D eigenvalue weighted by atomic mass is 16.2. The van der Waals surface area contributed by atoms with Gasteiger partial charge >= 0.3 is 0 Å². The Kier molecular flexibility index (Phi) is 1.69. The molecule has 4 nitrogen and oxygen atoms in total. The Bertz CT molecular complexity index is 551. The van der Waals surface area contributed by atoms with Crippen molar-refractivity contribution in [2.24, 2.45) is 0 Å². The molecule has 0 saturated heterocycles. The van der Waals surface area contributed by atoms with E-state index in [2.05, 4.69) is 15.8 Å². The summed E-state index contributed by atoms with van der Waals surface area (Å²) in [5.41, 5.74) is 8.05. The first-order valence-corrected chi connectivity index (χ1v) is 4.76. The summed E-state index contributed by atoms with van der Waals surface area (Å²) in [6.45, 7) is 0.659. The molecule has 0 spiro atoms. The van der Waals surface area contributed by atoms with Crippen molar-refractivity contribution in [3.63, 3.8) is 0 Å². The van der Waals surface area contributed by atoms with Crippen molar-refractivity contribution in [1.29, 1.82) is 0 Å². The van der Waals surface area contributed by atoms with Crippen molar-refractivity contribution in [2.45, 2.75) is 6.54 Å². The van der Waals surface area contributed by atoms with Crippen LogP contribution in [0.3, 0.4) is 0 Å². The molecule has 1 aliphatic rings. The maximum Gasteiger partial charge on any atom is 0.266 e. The zero-order chi connectivity index (χ0) is 10.3. The van der Waals surface area contributed by atoms with E-state index in [1.807, 2.05) is 24.3 Å². The number of benzene rings is 1. The first-order chi connectivity index (χ1) is 7.36. The van der Waals surface area contributed by atoms with Crippen molar-refractivity contribution < 1.29 is 4.79 Å². The average molecular weight is 199 g/mol. The molecule has 0 unspecified atom stereocenters. The summed E-state index contributed by atoms with van der Waals surface area (Å²) in [5, 5.41) is 0.911. The molecule has 0 atom stereocenters. The van der Waals surface area contributed by atoms with Crippen LogP contribution in [0.25, 0.3) is 10.9 Å². The molecule has 1 amide bonds. The van der Waals surface area contributed by atoms with Gasteiger partial charge in [-0.2, -0.15) is 0 Å². The SMILES string of the molecule is O=C1NNCc2ccc3ncccc3c21. The number of hydrazine groups is 1. The highest BCUT2D eigenvalue weighted by Crippen LogP contribution is 2.22. The average Bonchev–Trinajstić information content (AvgIpc) is 2.29. The van der Waals surface area contributed by atoms with Crippen LogP contribution in [0, 0.1) is 0 Å². The van der Waals surface area contributed by atoms with Gasteiger partial charge in [-0.3, -0.25) is 15.2 Å². The fraction of sp³-hybridized carbons (Fsp3) is 0.0909. The van der Waals surface area contributed by atoms with Crippen molar-refractivity contribution >= 4 is 16.8 Å². The molecule has 0 radical (unpaired) electrons. The molecule has 1 aromatic heterocycles. The summed E-state index contributed by atoms with van der Waals surface area (Å²) < 4.78 is 0. The fourth-order valence-electron chi connectivity index (χ4n) is 1.90. The van der Waals surface area contributed by atoms with Crippen molar-refractivity contribution in [2.75, 3.05) is 0 Å². The number of amides is 1. The molecule has 4 heteroatoms. The molecule has 0 fully saturated rings. The monoisotopic (exact) mass is 199 g/mol. The summed E-state index contributed by atoms with van der Waals surface area (Å²) in [6.07, 6.45) is 1.73. The molecule has 1 aliphatic heterocycles. The van der Waals surface area contributed by atoms with Crippen LogP contribution in [0.15, 0.2) is 30.5 Å². The minimum Gasteiger partial charge on any atom is -0.287 e. The van der Waals surface area contributed by atoms with Gasteiger partial charge in [0.25, 0.3) is 5.91 Å². The number of aromatic nitrogens is 1. The molecule has 0 aliphatic carbocycles. The van der Waals surface area contributed by atoms with Crippen LogP contribution in [0.5, 0.6) is 0 Å². The van der Waals surface area contributed by atoms with Gasteiger partial charge in [-0.05, 0) is 17.7 Å². The number of hydrogen-bond acceptors (Lipinski definition) is 3. The lowest BCUT2D eigenvalue weighted by Gasteiger charge is -2.18. The second-order valence-corrected chi connectivity index (χ2v) is 3.48. The van der Waals surface area contributed by atoms with E-state index in [0.29, 0.717) is 6.54 Å². The van der Waals surface area contributed by atoms with Crippen LogP contribution in [-0.2, 0) is 6.54 Å². The minimum atomic E-state index is -0.0881. The molecule has 2 heterocycles. The molecule has 3 rings (SSSR count). The number of fused-ring (bicyclic) bond motifs is 3. The first-order valence-electron chi connectivity index (χ1n) is 4.76. The molecule has 2 N–H and O–H groups in total.